The molecule has 1 fully saturated rings. The minimum absolute atomic E-state index is 0.0868. The number of piperidine rings is 1. The highest BCUT2D eigenvalue weighted by Crippen LogP contribution is 2.36. The Morgan fingerprint density at radius 1 is 1.30 bits per heavy atom. The number of anilines is 3. The van der Waals surface area contributed by atoms with Crippen molar-refractivity contribution in [3.05, 3.63) is 17.7 Å². The van der Waals surface area contributed by atoms with Crippen molar-refractivity contribution in [3.8, 4) is 6.07 Å². The van der Waals surface area contributed by atoms with Crippen LogP contribution in [0.1, 0.15) is 18.4 Å². The molecular weight excluding hydrogens is 290 g/mol. The van der Waals surface area contributed by atoms with Gasteiger partial charge in [0.1, 0.15) is 6.07 Å². The Hall–Kier alpha value is -2.42. The molecule has 0 bridgehead atoms. The van der Waals surface area contributed by atoms with E-state index in [1.165, 1.54) is 0 Å². The van der Waals surface area contributed by atoms with Crippen LogP contribution >= 0.6 is 0 Å². The molecule has 3 rings (SSSR count). The third kappa shape index (κ3) is 2.91. The molecule has 0 aromatic heterocycles. The maximum atomic E-state index is 11.8. The van der Waals surface area contributed by atoms with Gasteiger partial charge < -0.3 is 20.4 Å². The molecule has 0 atom stereocenters. The summed E-state index contributed by atoms with van der Waals surface area (Å²) in [5.74, 6) is 0.211. The molecule has 2 aliphatic rings. The molecule has 2 heterocycles. The van der Waals surface area contributed by atoms with E-state index < -0.39 is 0 Å². The molecule has 2 N–H and O–H groups in total. The number of benzene rings is 1. The zero-order chi connectivity index (χ0) is 16.4. The molecule has 2 aliphatic heterocycles. The van der Waals surface area contributed by atoms with Gasteiger partial charge in [0, 0.05) is 46.2 Å². The monoisotopic (exact) mass is 313 g/mol. The van der Waals surface area contributed by atoms with Crippen LogP contribution < -0.4 is 20.4 Å². The first-order chi connectivity index (χ1) is 11.1. The lowest BCUT2D eigenvalue weighted by atomic mass is 9.95. The fourth-order valence-corrected chi connectivity index (χ4v) is 3.45. The van der Waals surface area contributed by atoms with E-state index in [-0.39, 0.29) is 11.8 Å². The van der Waals surface area contributed by atoms with Crippen LogP contribution in [-0.2, 0) is 4.79 Å². The highest BCUT2D eigenvalue weighted by molar-refractivity contribution is 5.81. The third-order valence-corrected chi connectivity index (χ3v) is 4.86. The standard InChI is InChI=1S/C17H23N5O/c1-19-17(23)12-3-6-22(7-4-12)15-10-16-14(9-13(15)11-18)20-5-8-21(16)2/h9-10,12,20H,3-8H2,1-2H3,(H,19,23). The van der Waals surface area contributed by atoms with Gasteiger partial charge in [-0.2, -0.15) is 5.26 Å². The number of hydrogen-bond donors (Lipinski definition) is 2. The third-order valence-electron chi connectivity index (χ3n) is 4.86. The number of likely N-dealkylation sites (N-methyl/N-ethyl adjacent to an activating group) is 1. The summed E-state index contributed by atoms with van der Waals surface area (Å²) in [6, 6.07) is 6.38. The summed E-state index contributed by atoms with van der Waals surface area (Å²) in [5.41, 5.74) is 3.85. The number of carbonyl (C=O) groups excluding carboxylic acids is 1. The van der Waals surface area contributed by atoms with Crippen molar-refractivity contribution < 1.29 is 4.79 Å². The normalized spacial score (nSPS) is 18.0. The molecule has 23 heavy (non-hydrogen) atoms. The molecule has 0 unspecified atom stereocenters. The average Bonchev–Trinajstić information content (AvgIpc) is 2.60. The van der Waals surface area contributed by atoms with Gasteiger partial charge >= 0.3 is 0 Å². The summed E-state index contributed by atoms with van der Waals surface area (Å²) >= 11 is 0. The maximum absolute atomic E-state index is 11.8. The molecule has 0 aliphatic carbocycles. The van der Waals surface area contributed by atoms with Gasteiger partial charge in [0.2, 0.25) is 5.91 Å². The summed E-state index contributed by atoms with van der Waals surface area (Å²) in [4.78, 5) is 16.2. The molecule has 6 heteroatoms. The number of carbonyl (C=O) groups is 1. The number of nitrogens with zero attached hydrogens (tertiary/aromatic N) is 3. The maximum Gasteiger partial charge on any atom is 0.222 e. The number of fused-ring (bicyclic) bond motifs is 1. The first-order valence-corrected chi connectivity index (χ1v) is 8.13. The number of amides is 1. The highest BCUT2D eigenvalue weighted by atomic mass is 16.1. The molecule has 1 aromatic rings. The minimum atomic E-state index is 0.0868. The Balaban J connectivity index is 1.84. The molecule has 0 saturated carbocycles. The quantitative estimate of drug-likeness (QED) is 0.863. The van der Waals surface area contributed by atoms with E-state index in [0.29, 0.717) is 5.56 Å². The second kappa shape index (κ2) is 6.37. The van der Waals surface area contributed by atoms with Crippen LogP contribution in [0.2, 0.25) is 0 Å². The van der Waals surface area contributed by atoms with E-state index in [2.05, 4.69) is 39.6 Å². The van der Waals surface area contributed by atoms with Crippen molar-refractivity contribution in [1.29, 1.82) is 5.26 Å². The van der Waals surface area contributed by atoms with Crippen molar-refractivity contribution in [3.63, 3.8) is 0 Å². The van der Waals surface area contributed by atoms with Gasteiger partial charge in [-0.3, -0.25) is 4.79 Å². The summed E-state index contributed by atoms with van der Waals surface area (Å²) in [6.45, 7) is 3.47. The molecular formula is C17H23N5O. The lowest BCUT2D eigenvalue weighted by Gasteiger charge is -2.35. The summed E-state index contributed by atoms with van der Waals surface area (Å²) in [5, 5.41) is 15.6. The Morgan fingerprint density at radius 3 is 2.70 bits per heavy atom. The van der Waals surface area contributed by atoms with Crippen LogP contribution in [-0.4, -0.2) is 46.2 Å². The number of nitriles is 1. The zero-order valence-electron chi connectivity index (χ0n) is 13.7. The molecule has 0 radical (unpaired) electrons. The smallest absolute Gasteiger partial charge is 0.222 e. The molecule has 0 spiro atoms. The number of rotatable bonds is 2. The molecule has 1 saturated heterocycles. The van der Waals surface area contributed by atoms with Gasteiger partial charge in [-0.1, -0.05) is 0 Å². The fourth-order valence-electron chi connectivity index (χ4n) is 3.45. The average molecular weight is 313 g/mol. The first kappa shape index (κ1) is 15.5. The van der Waals surface area contributed by atoms with Crippen molar-refractivity contribution in [1.82, 2.24) is 5.32 Å². The van der Waals surface area contributed by atoms with Crippen LogP contribution in [0.3, 0.4) is 0 Å². The summed E-state index contributed by atoms with van der Waals surface area (Å²) in [7, 11) is 3.77. The second-order valence-electron chi connectivity index (χ2n) is 6.22. The largest absolute Gasteiger partial charge is 0.382 e. The van der Waals surface area contributed by atoms with Crippen molar-refractivity contribution in [2.24, 2.45) is 5.92 Å². The number of hydrogen-bond acceptors (Lipinski definition) is 5. The van der Waals surface area contributed by atoms with Crippen LogP contribution in [0.25, 0.3) is 0 Å². The van der Waals surface area contributed by atoms with Gasteiger partial charge in [0.25, 0.3) is 0 Å². The Bertz CT molecular complexity index is 643. The van der Waals surface area contributed by atoms with Gasteiger partial charge in [-0.25, -0.2) is 0 Å². The van der Waals surface area contributed by atoms with E-state index >= 15 is 0 Å². The lowest BCUT2D eigenvalue weighted by Crippen LogP contribution is -2.40. The molecule has 122 valence electrons. The Labute approximate surface area is 137 Å². The van der Waals surface area contributed by atoms with Gasteiger partial charge in [0.15, 0.2) is 0 Å². The van der Waals surface area contributed by atoms with Crippen LogP contribution in [0.4, 0.5) is 17.1 Å². The van der Waals surface area contributed by atoms with Gasteiger partial charge in [-0.05, 0) is 25.0 Å². The van der Waals surface area contributed by atoms with Crippen LogP contribution in [0.15, 0.2) is 12.1 Å². The minimum Gasteiger partial charge on any atom is -0.382 e. The van der Waals surface area contributed by atoms with Crippen LogP contribution in [0.5, 0.6) is 0 Å². The zero-order valence-corrected chi connectivity index (χ0v) is 13.7. The predicted molar refractivity (Wildman–Crippen MR) is 91.9 cm³/mol. The second-order valence-corrected chi connectivity index (χ2v) is 6.22. The first-order valence-electron chi connectivity index (χ1n) is 8.13. The van der Waals surface area contributed by atoms with E-state index in [0.717, 1.165) is 56.1 Å². The number of nitrogens with one attached hydrogen (secondary N) is 2. The SMILES string of the molecule is CNC(=O)C1CCN(c2cc3c(cc2C#N)NCCN3C)CC1. The molecule has 1 amide bonds. The van der Waals surface area contributed by atoms with Crippen molar-refractivity contribution >= 4 is 23.0 Å². The molecule has 1 aromatic carbocycles. The highest BCUT2D eigenvalue weighted by Gasteiger charge is 2.26. The van der Waals surface area contributed by atoms with E-state index in [9.17, 15) is 10.1 Å². The van der Waals surface area contributed by atoms with Gasteiger partial charge in [-0.15, -0.1) is 0 Å². The Kier molecular flexibility index (Phi) is 4.28. The Morgan fingerprint density at radius 2 is 2.04 bits per heavy atom. The summed E-state index contributed by atoms with van der Waals surface area (Å²) < 4.78 is 0. The predicted octanol–water partition coefficient (Wildman–Crippen LogP) is 1.38. The van der Waals surface area contributed by atoms with Gasteiger partial charge in [0.05, 0.1) is 22.6 Å². The van der Waals surface area contributed by atoms with Crippen LogP contribution in [0, 0.1) is 17.2 Å². The fraction of sp³-hybridized carbons (Fsp3) is 0.529. The van der Waals surface area contributed by atoms with E-state index in [1.807, 2.05) is 6.07 Å². The lowest BCUT2D eigenvalue weighted by molar-refractivity contribution is -0.125. The molecule has 6 nitrogen and oxygen atoms in total. The van der Waals surface area contributed by atoms with Crippen molar-refractivity contribution in [2.75, 3.05) is 55.4 Å². The van der Waals surface area contributed by atoms with E-state index in [1.54, 1.807) is 7.05 Å². The van der Waals surface area contributed by atoms with Crippen molar-refractivity contribution in [2.45, 2.75) is 12.8 Å². The topological polar surface area (TPSA) is 71.4 Å². The summed E-state index contributed by atoms with van der Waals surface area (Å²) in [6.07, 6.45) is 1.66. The van der Waals surface area contributed by atoms with E-state index in [4.69, 9.17) is 0 Å².